The molecule has 0 aliphatic rings. The van der Waals surface area contributed by atoms with Gasteiger partial charge in [-0.15, -0.1) is 0 Å². The lowest BCUT2D eigenvalue weighted by Crippen LogP contribution is -2.50. The number of nitrogens with zero attached hydrogens (tertiary/aromatic N) is 3. The maximum absolute atomic E-state index is 12.9. The van der Waals surface area contributed by atoms with Gasteiger partial charge in [-0.05, 0) is 44.4 Å². The summed E-state index contributed by atoms with van der Waals surface area (Å²) in [5.74, 6) is -3.13. The van der Waals surface area contributed by atoms with E-state index in [1.165, 1.54) is 12.0 Å². The summed E-state index contributed by atoms with van der Waals surface area (Å²) in [5, 5.41) is 31.7. The van der Waals surface area contributed by atoms with Crippen molar-refractivity contribution in [3.8, 4) is 0 Å². The molecule has 0 aromatic heterocycles. The fraction of sp³-hybridized carbons (Fsp3) is 0.600. The van der Waals surface area contributed by atoms with Gasteiger partial charge in [0.25, 0.3) is 0 Å². The van der Waals surface area contributed by atoms with Crippen LogP contribution in [0.1, 0.15) is 39.7 Å². The third kappa shape index (κ3) is 15.1. The number of benzene rings is 1. The summed E-state index contributed by atoms with van der Waals surface area (Å²) in [6, 6.07) is 6.38. The predicted octanol–water partition coefficient (Wildman–Crippen LogP) is 0.369. The minimum atomic E-state index is -1.13. The van der Waals surface area contributed by atoms with Crippen molar-refractivity contribution in [2.24, 2.45) is 5.41 Å². The van der Waals surface area contributed by atoms with Gasteiger partial charge in [-0.3, -0.25) is 33.9 Å². The molecule has 1 aromatic rings. The first-order valence-corrected chi connectivity index (χ1v) is 14.2. The molecule has 1 unspecified atom stereocenters. The van der Waals surface area contributed by atoms with Crippen LogP contribution in [0, 0.1) is 5.41 Å². The summed E-state index contributed by atoms with van der Waals surface area (Å²) >= 11 is 0. The van der Waals surface area contributed by atoms with E-state index >= 15 is 0 Å². The molecule has 1 amide bonds. The second-order valence-electron chi connectivity index (χ2n) is 12.0. The normalized spacial score (nSPS) is 12.7. The van der Waals surface area contributed by atoms with Crippen molar-refractivity contribution >= 4 is 42.1 Å². The second-order valence-corrected chi connectivity index (χ2v) is 12.0. The van der Waals surface area contributed by atoms with Crippen molar-refractivity contribution in [3.05, 3.63) is 29.8 Å². The Labute approximate surface area is 257 Å². The Hall–Kier alpha value is -3.72. The average molecular weight is 623 g/mol. The zero-order valence-electron chi connectivity index (χ0n) is 26.2. The lowest BCUT2D eigenvalue weighted by Gasteiger charge is -2.34. The molecule has 0 saturated heterocycles. The van der Waals surface area contributed by atoms with E-state index in [2.05, 4.69) is 5.32 Å². The molecule has 0 saturated carbocycles. The zero-order valence-corrected chi connectivity index (χ0v) is 26.2. The Bertz CT molecular complexity index is 1120. The number of aldehydes is 2. The largest absolute Gasteiger partial charge is 0.480 e. The lowest BCUT2D eigenvalue weighted by molar-refractivity contribution is -0.143. The summed E-state index contributed by atoms with van der Waals surface area (Å²) in [6.07, 6.45) is 1.72. The van der Waals surface area contributed by atoms with Gasteiger partial charge in [0.2, 0.25) is 5.91 Å². The molecule has 1 aromatic carbocycles. The van der Waals surface area contributed by atoms with E-state index in [0.717, 1.165) is 5.56 Å². The Morgan fingerprint density at radius 1 is 0.886 bits per heavy atom. The molecule has 0 heterocycles. The number of hydrogen-bond acceptors (Lipinski definition) is 11. The molecule has 0 aliphatic carbocycles. The highest BCUT2D eigenvalue weighted by atomic mass is 16.5. The molecule has 0 spiro atoms. The monoisotopic (exact) mass is 622 g/mol. The Kier molecular flexibility index (Phi) is 15.8. The van der Waals surface area contributed by atoms with E-state index < -0.39 is 48.1 Å². The number of methoxy groups -OCH3 is 1. The zero-order chi connectivity index (χ0) is 33.5. The molecular weight excluding hydrogens is 576 g/mol. The highest BCUT2D eigenvalue weighted by Crippen LogP contribution is 2.29. The van der Waals surface area contributed by atoms with Crippen molar-refractivity contribution in [1.82, 2.24) is 14.7 Å². The van der Waals surface area contributed by atoms with Crippen LogP contribution >= 0.6 is 0 Å². The van der Waals surface area contributed by atoms with E-state index in [4.69, 9.17) is 9.84 Å². The number of carbonyl (C=O) groups excluding carboxylic acids is 4. The molecule has 0 fully saturated rings. The van der Waals surface area contributed by atoms with Crippen LogP contribution in [0.15, 0.2) is 24.3 Å². The van der Waals surface area contributed by atoms with Gasteiger partial charge < -0.3 is 35.0 Å². The fourth-order valence-electron chi connectivity index (χ4n) is 4.97. The topological polar surface area (TPSA) is 194 Å². The van der Waals surface area contributed by atoms with Crippen LogP contribution in [-0.4, -0.2) is 138 Å². The molecule has 14 heteroatoms. The summed E-state index contributed by atoms with van der Waals surface area (Å²) in [7, 11) is 1.22. The van der Waals surface area contributed by atoms with Crippen LogP contribution in [0.25, 0.3) is 0 Å². The highest BCUT2D eigenvalue weighted by molar-refractivity contribution is 5.94. The van der Waals surface area contributed by atoms with Crippen LogP contribution in [0.4, 0.5) is 5.69 Å². The van der Waals surface area contributed by atoms with Gasteiger partial charge in [0.15, 0.2) is 0 Å². The maximum Gasteiger partial charge on any atom is 0.319 e. The van der Waals surface area contributed by atoms with Crippen LogP contribution in [0.2, 0.25) is 0 Å². The van der Waals surface area contributed by atoms with Crippen molar-refractivity contribution < 1.29 is 48.8 Å². The summed E-state index contributed by atoms with van der Waals surface area (Å²) in [5.41, 5.74) is -0.577. The van der Waals surface area contributed by atoms with E-state index in [1.54, 1.807) is 61.8 Å². The third-order valence-electron chi connectivity index (χ3n) is 6.81. The van der Waals surface area contributed by atoms with Crippen molar-refractivity contribution in [1.29, 1.82) is 0 Å². The van der Waals surface area contributed by atoms with E-state index in [1.807, 2.05) is 0 Å². The van der Waals surface area contributed by atoms with Gasteiger partial charge in [-0.1, -0.05) is 26.0 Å². The number of ether oxygens (including phenoxy) is 1. The number of carbonyl (C=O) groups is 6. The molecule has 0 aliphatic heterocycles. The first-order valence-electron chi connectivity index (χ1n) is 14.2. The number of nitrogens with one attached hydrogen (secondary N) is 1. The number of amides is 1. The van der Waals surface area contributed by atoms with Crippen molar-refractivity contribution in [2.45, 2.75) is 52.2 Å². The number of hydrogen-bond donors (Lipinski definition) is 4. The first kappa shape index (κ1) is 38.3. The molecule has 14 nitrogen and oxygen atoms in total. The number of anilines is 1. The van der Waals surface area contributed by atoms with Crippen LogP contribution < -0.4 is 5.32 Å². The number of carboxylic acids is 2. The van der Waals surface area contributed by atoms with E-state index in [0.29, 0.717) is 18.3 Å². The van der Waals surface area contributed by atoms with Gasteiger partial charge >= 0.3 is 17.9 Å². The molecule has 246 valence electrons. The number of aliphatic hydroxyl groups is 1. The number of rotatable bonds is 22. The first-order chi connectivity index (χ1) is 20.5. The van der Waals surface area contributed by atoms with Gasteiger partial charge in [0.1, 0.15) is 12.6 Å². The Morgan fingerprint density at radius 3 is 1.93 bits per heavy atom. The van der Waals surface area contributed by atoms with Gasteiger partial charge in [0.05, 0.1) is 45.4 Å². The number of aliphatic carboxylic acids is 2. The van der Waals surface area contributed by atoms with Crippen LogP contribution in [0.3, 0.4) is 0 Å². The smallest absolute Gasteiger partial charge is 0.319 e. The quantitative estimate of drug-likeness (QED) is 0.102. The average Bonchev–Trinajstić information content (AvgIpc) is 2.90. The molecule has 1 atom stereocenters. The summed E-state index contributed by atoms with van der Waals surface area (Å²) in [6.45, 7) is 5.70. The number of carboxylic acid groups (broad SMARTS) is 2. The van der Waals surface area contributed by atoms with Crippen molar-refractivity contribution in [2.75, 3.05) is 64.8 Å². The van der Waals surface area contributed by atoms with E-state index in [-0.39, 0.29) is 58.0 Å². The standard InChI is InChI=1S/C30H46N4O10/c1-29(2,21-30(3,4)43)28(42)31-23-8-6-22(7-9-23)16-24(34(13-15-36)20-27(41)44-5)17-33(19-26(39)40)11-10-32(12-14-35)18-25(37)38/h6-9,14-15,24,43H,10-13,16-21H2,1-5H3,(H,31,42)(H,37,38)(H,39,40). The minimum Gasteiger partial charge on any atom is -0.480 e. The van der Waals surface area contributed by atoms with Gasteiger partial charge in [-0.25, -0.2) is 0 Å². The molecule has 0 radical (unpaired) electrons. The van der Waals surface area contributed by atoms with Gasteiger partial charge in [0, 0.05) is 36.8 Å². The summed E-state index contributed by atoms with van der Waals surface area (Å²) < 4.78 is 4.79. The van der Waals surface area contributed by atoms with Crippen LogP contribution in [0.5, 0.6) is 0 Å². The SMILES string of the molecule is COC(=O)CN(CC=O)C(Cc1ccc(NC(=O)C(C)(C)CC(C)(C)O)cc1)CN(CCN(CC=O)CC(=O)O)CC(=O)O. The Balaban J connectivity index is 3.23. The van der Waals surface area contributed by atoms with Crippen LogP contribution in [-0.2, 0) is 39.9 Å². The maximum atomic E-state index is 12.9. The fourth-order valence-corrected chi connectivity index (χ4v) is 4.97. The molecule has 44 heavy (non-hydrogen) atoms. The molecule has 4 N–H and O–H groups in total. The predicted molar refractivity (Wildman–Crippen MR) is 161 cm³/mol. The molecular formula is C30H46N4O10. The molecule has 0 bridgehead atoms. The van der Waals surface area contributed by atoms with Crippen molar-refractivity contribution in [3.63, 3.8) is 0 Å². The molecule has 1 rings (SSSR count). The van der Waals surface area contributed by atoms with Gasteiger partial charge in [-0.2, -0.15) is 0 Å². The Morgan fingerprint density at radius 2 is 1.43 bits per heavy atom. The minimum absolute atomic E-state index is 0.0861. The lowest BCUT2D eigenvalue weighted by atomic mass is 9.81. The highest BCUT2D eigenvalue weighted by Gasteiger charge is 2.33. The second kappa shape index (κ2) is 18.2. The third-order valence-corrected chi connectivity index (χ3v) is 6.81. The summed E-state index contributed by atoms with van der Waals surface area (Å²) in [4.78, 5) is 75.0. The number of esters is 1. The van der Waals surface area contributed by atoms with E-state index in [9.17, 15) is 39.0 Å².